The van der Waals surface area contributed by atoms with Crippen molar-refractivity contribution in [2.75, 3.05) is 6.54 Å². The van der Waals surface area contributed by atoms with E-state index in [-0.39, 0.29) is 12.3 Å². The molecule has 6 nitrogen and oxygen atoms in total. The van der Waals surface area contributed by atoms with Crippen LogP contribution in [0.4, 0.5) is 0 Å². The van der Waals surface area contributed by atoms with Gasteiger partial charge < -0.3 is 10.5 Å². The normalized spacial score (nSPS) is 10.4. The molecule has 1 aromatic heterocycles. The average Bonchev–Trinajstić information content (AvgIpc) is 2.85. The van der Waals surface area contributed by atoms with Crippen LogP contribution in [0.25, 0.3) is 0 Å². The Balaban J connectivity index is 1.93. The second-order valence-corrected chi connectivity index (χ2v) is 4.30. The maximum Gasteiger partial charge on any atom is 0.360 e. The van der Waals surface area contributed by atoms with E-state index in [0.29, 0.717) is 18.1 Å². The summed E-state index contributed by atoms with van der Waals surface area (Å²) in [5.74, 6) is -0.525. The molecule has 2 N–H and O–H groups in total. The first-order valence-electron chi connectivity index (χ1n) is 5.71. The number of halogens is 1. The molecule has 0 atom stereocenters. The van der Waals surface area contributed by atoms with E-state index in [4.69, 9.17) is 22.1 Å². The average molecular weight is 281 g/mol. The maximum absolute atomic E-state index is 11.7. The molecule has 100 valence electrons. The number of rotatable bonds is 5. The summed E-state index contributed by atoms with van der Waals surface area (Å²) in [7, 11) is 0. The summed E-state index contributed by atoms with van der Waals surface area (Å²) in [5.41, 5.74) is 6.35. The highest BCUT2D eigenvalue weighted by atomic mass is 35.5. The molecular formula is C12H13ClN4O2. The summed E-state index contributed by atoms with van der Waals surface area (Å²) < 4.78 is 6.61. The number of nitrogens with two attached hydrogens (primary N) is 1. The van der Waals surface area contributed by atoms with Crippen LogP contribution >= 0.6 is 11.6 Å². The van der Waals surface area contributed by atoms with Crippen LogP contribution < -0.4 is 5.73 Å². The molecule has 0 aliphatic carbocycles. The minimum Gasteiger partial charge on any atom is -0.456 e. The van der Waals surface area contributed by atoms with E-state index < -0.39 is 5.97 Å². The van der Waals surface area contributed by atoms with Gasteiger partial charge in [0.05, 0.1) is 12.7 Å². The highest BCUT2D eigenvalue weighted by molar-refractivity contribution is 6.30. The molecule has 1 heterocycles. The molecule has 0 aliphatic heterocycles. The Bertz CT molecular complexity index is 570. The molecule has 0 saturated heterocycles. The van der Waals surface area contributed by atoms with Gasteiger partial charge in [0.1, 0.15) is 6.61 Å². The highest BCUT2D eigenvalue weighted by Gasteiger charge is 2.12. The van der Waals surface area contributed by atoms with E-state index in [9.17, 15) is 4.79 Å². The van der Waals surface area contributed by atoms with E-state index in [2.05, 4.69) is 10.3 Å². The van der Waals surface area contributed by atoms with E-state index in [1.54, 1.807) is 18.2 Å². The Hall–Kier alpha value is -1.92. The van der Waals surface area contributed by atoms with Crippen molar-refractivity contribution >= 4 is 17.6 Å². The molecule has 0 fully saturated rings. The second-order valence-electron chi connectivity index (χ2n) is 3.86. The second kappa shape index (κ2) is 6.31. The summed E-state index contributed by atoms with van der Waals surface area (Å²) in [5, 5.41) is 8.08. The van der Waals surface area contributed by atoms with Gasteiger partial charge in [0, 0.05) is 11.6 Å². The van der Waals surface area contributed by atoms with Gasteiger partial charge in [-0.25, -0.2) is 4.79 Å². The van der Waals surface area contributed by atoms with Crippen molar-refractivity contribution in [3.8, 4) is 0 Å². The van der Waals surface area contributed by atoms with Crippen molar-refractivity contribution < 1.29 is 9.53 Å². The fourth-order valence-electron chi connectivity index (χ4n) is 1.48. The van der Waals surface area contributed by atoms with Gasteiger partial charge in [-0.3, -0.25) is 4.68 Å². The standard InChI is InChI=1S/C12H13ClN4O2/c13-10-3-1-2-9(6-10)8-19-12(18)11-7-17(5-4-14)16-15-11/h1-3,6-7H,4-5,8,14H2. The lowest BCUT2D eigenvalue weighted by Gasteiger charge is -2.03. The molecular weight excluding hydrogens is 268 g/mol. The largest absolute Gasteiger partial charge is 0.456 e. The van der Waals surface area contributed by atoms with Crippen LogP contribution in [0.15, 0.2) is 30.5 Å². The molecule has 7 heteroatoms. The minimum atomic E-state index is -0.525. The van der Waals surface area contributed by atoms with Crippen molar-refractivity contribution in [3.05, 3.63) is 46.7 Å². The number of hydrogen-bond donors (Lipinski definition) is 1. The van der Waals surface area contributed by atoms with Gasteiger partial charge >= 0.3 is 5.97 Å². The predicted octanol–water partition coefficient (Wildman–Crippen LogP) is 1.25. The Labute approximate surface area is 115 Å². The summed E-state index contributed by atoms with van der Waals surface area (Å²) >= 11 is 5.84. The van der Waals surface area contributed by atoms with Crippen molar-refractivity contribution in [2.45, 2.75) is 13.2 Å². The van der Waals surface area contributed by atoms with Crippen LogP contribution in [-0.4, -0.2) is 27.5 Å². The molecule has 0 saturated carbocycles. The van der Waals surface area contributed by atoms with Crippen molar-refractivity contribution in [2.24, 2.45) is 5.73 Å². The predicted molar refractivity (Wildman–Crippen MR) is 69.6 cm³/mol. The van der Waals surface area contributed by atoms with Gasteiger partial charge in [0.15, 0.2) is 5.69 Å². The SMILES string of the molecule is NCCn1cc(C(=O)OCc2cccc(Cl)c2)nn1. The number of benzene rings is 1. The summed E-state index contributed by atoms with van der Waals surface area (Å²) in [6.45, 7) is 1.08. The monoisotopic (exact) mass is 280 g/mol. The molecule has 1 aromatic carbocycles. The van der Waals surface area contributed by atoms with E-state index in [1.165, 1.54) is 10.9 Å². The lowest BCUT2D eigenvalue weighted by atomic mass is 10.2. The van der Waals surface area contributed by atoms with Gasteiger partial charge in [-0.15, -0.1) is 5.10 Å². The van der Waals surface area contributed by atoms with Gasteiger partial charge in [-0.05, 0) is 17.7 Å². The molecule has 0 bridgehead atoms. The van der Waals surface area contributed by atoms with Crippen LogP contribution in [-0.2, 0) is 17.9 Å². The third kappa shape index (κ3) is 3.77. The number of esters is 1. The molecule has 2 rings (SSSR count). The molecule has 19 heavy (non-hydrogen) atoms. The van der Waals surface area contributed by atoms with Crippen molar-refractivity contribution in [1.29, 1.82) is 0 Å². The van der Waals surface area contributed by atoms with Gasteiger partial charge in [-0.1, -0.05) is 28.9 Å². The Morgan fingerprint density at radius 3 is 3.05 bits per heavy atom. The van der Waals surface area contributed by atoms with Crippen LogP contribution in [0.5, 0.6) is 0 Å². The molecule has 2 aromatic rings. The van der Waals surface area contributed by atoms with Crippen molar-refractivity contribution in [1.82, 2.24) is 15.0 Å². The fourth-order valence-corrected chi connectivity index (χ4v) is 1.70. The number of carbonyl (C=O) groups is 1. The van der Waals surface area contributed by atoms with Crippen LogP contribution in [0.3, 0.4) is 0 Å². The lowest BCUT2D eigenvalue weighted by Crippen LogP contribution is -2.10. The minimum absolute atomic E-state index is 0.142. The zero-order chi connectivity index (χ0) is 13.7. The highest BCUT2D eigenvalue weighted by Crippen LogP contribution is 2.12. The van der Waals surface area contributed by atoms with Crippen LogP contribution in [0, 0.1) is 0 Å². The van der Waals surface area contributed by atoms with Crippen LogP contribution in [0.2, 0.25) is 5.02 Å². The first-order chi connectivity index (χ1) is 9.19. The summed E-state index contributed by atoms with van der Waals surface area (Å²) in [6.07, 6.45) is 1.51. The first-order valence-corrected chi connectivity index (χ1v) is 6.08. The van der Waals surface area contributed by atoms with E-state index in [1.807, 2.05) is 6.07 Å². The van der Waals surface area contributed by atoms with Gasteiger partial charge in [-0.2, -0.15) is 0 Å². The zero-order valence-electron chi connectivity index (χ0n) is 10.1. The Kier molecular flexibility index (Phi) is 4.48. The topological polar surface area (TPSA) is 83.0 Å². The molecule has 0 unspecified atom stereocenters. The smallest absolute Gasteiger partial charge is 0.360 e. The van der Waals surface area contributed by atoms with Gasteiger partial charge in [0.25, 0.3) is 0 Å². The summed E-state index contributed by atoms with van der Waals surface area (Å²) in [4.78, 5) is 11.7. The lowest BCUT2D eigenvalue weighted by molar-refractivity contribution is 0.0465. The van der Waals surface area contributed by atoms with Crippen LogP contribution in [0.1, 0.15) is 16.1 Å². The Morgan fingerprint density at radius 2 is 2.32 bits per heavy atom. The number of nitrogens with zero attached hydrogens (tertiary/aromatic N) is 3. The third-order valence-corrected chi connectivity index (χ3v) is 2.60. The third-order valence-electron chi connectivity index (χ3n) is 2.36. The molecule has 0 spiro atoms. The number of hydrogen-bond acceptors (Lipinski definition) is 5. The van der Waals surface area contributed by atoms with Crippen molar-refractivity contribution in [3.63, 3.8) is 0 Å². The quantitative estimate of drug-likeness (QED) is 0.833. The van der Waals surface area contributed by atoms with E-state index in [0.717, 1.165) is 5.56 Å². The molecule has 0 aliphatic rings. The number of ether oxygens (including phenoxy) is 1. The number of carbonyl (C=O) groups excluding carboxylic acids is 1. The maximum atomic E-state index is 11.7. The van der Waals surface area contributed by atoms with Gasteiger partial charge in [0.2, 0.25) is 0 Å². The zero-order valence-corrected chi connectivity index (χ0v) is 10.9. The fraction of sp³-hybridized carbons (Fsp3) is 0.250. The first kappa shape index (κ1) is 13.5. The van der Waals surface area contributed by atoms with E-state index >= 15 is 0 Å². The number of aromatic nitrogens is 3. The molecule has 0 amide bonds. The summed E-state index contributed by atoms with van der Waals surface area (Å²) in [6, 6.07) is 7.11. The Morgan fingerprint density at radius 1 is 1.47 bits per heavy atom. The molecule has 0 radical (unpaired) electrons.